The minimum absolute atomic E-state index is 0.0685. The molecule has 0 radical (unpaired) electrons. The molecule has 1 aromatic rings. The second-order valence-electron chi connectivity index (χ2n) is 5.28. The van der Waals surface area contributed by atoms with E-state index in [1.165, 1.54) is 7.11 Å². The fourth-order valence-electron chi connectivity index (χ4n) is 2.15. The standard InChI is InChI=1S/C16H26N2O5S/c1-5-18(12-16(19)17-9-6-10-22-3)24(20,21)15-11-13(2)7-8-14(15)23-4/h7-8,11H,5-6,9-10,12H2,1-4H3,(H,17,19). The topological polar surface area (TPSA) is 84.9 Å². The van der Waals surface area contributed by atoms with Crippen molar-refractivity contribution in [3.63, 3.8) is 0 Å². The third-order valence-corrected chi connectivity index (χ3v) is 5.40. The Balaban J connectivity index is 2.90. The second kappa shape index (κ2) is 9.61. The van der Waals surface area contributed by atoms with Gasteiger partial charge in [-0.3, -0.25) is 4.79 Å². The molecule has 0 aliphatic heterocycles. The van der Waals surface area contributed by atoms with Crippen molar-refractivity contribution < 1.29 is 22.7 Å². The Morgan fingerprint density at radius 1 is 1.29 bits per heavy atom. The summed E-state index contributed by atoms with van der Waals surface area (Å²) in [4.78, 5) is 12.1. The summed E-state index contributed by atoms with van der Waals surface area (Å²) in [6.45, 7) is 4.43. The first-order chi connectivity index (χ1) is 11.4. The summed E-state index contributed by atoms with van der Waals surface area (Å²) >= 11 is 0. The fraction of sp³-hybridized carbons (Fsp3) is 0.562. The normalized spacial score (nSPS) is 11.5. The molecule has 1 aromatic carbocycles. The lowest BCUT2D eigenvalue weighted by Crippen LogP contribution is -2.41. The Bertz CT molecular complexity index is 646. The van der Waals surface area contributed by atoms with Crippen molar-refractivity contribution in [1.29, 1.82) is 0 Å². The van der Waals surface area contributed by atoms with Gasteiger partial charge in [0, 0.05) is 26.8 Å². The van der Waals surface area contributed by atoms with Crippen LogP contribution in [-0.4, -0.2) is 59.1 Å². The molecule has 0 saturated carbocycles. The lowest BCUT2D eigenvalue weighted by Gasteiger charge is -2.21. The van der Waals surface area contributed by atoms with E-state index < -0.39 is 10.0 Å². The molecular formula is C16H26N2O5S. The highest BCUT2D eigenvalue weighted by Gasteiger charge is 2.28. The lowest BCUT2D eigenvalue weighted by molar-refractivity contribution is -0.121. The molecule has 0 fully saturated rings. The Morgan fingerprint density at radius 3 is 2.58 bits per heavy atom. The molecule has 1 rings (SSSR count). The molecule has 136 valence electrons. The highest BCUT2D eigenvalue weighted by molar-refractivity contribution is 7.89. The first-order valence-corrected chi connectivity index (χ1v) is 9.21. The first-order valence-electron chi connectivity index (χ1n) is 7.77. The molecule has 1 amide bonds. The maximum Gasteiger partial charge on any atom is 0.247 e. The molecule has 7 nitrogen and oxygen atoms in total. The number of ether oxygens (including phenoxy) is 2. The zero-order valence-corrected chi connectivity index (χ0v) is 15.5. The smallest absolute Gasteiger partial charge is 0.247 e. The second-order valence-corrected chi connectivity index (χ2v) is 7.19. The van der Waals surface area contributed by atoms with Crippen LogP contribution in [0.4, 0.5) is 0 Å². The van der Waals surface area contributed by atoms with Crippen LogP contribution >= 0.6 is 0 Å². The molecule has 0 atom stereocenters. The monoisotopic (exact) mass is 358 g/mol. The predicted octanol–water partition coefficient (Wildman–Crippen LogP) is 1.17. The Hall–Kier alpha value is -1.64. The average Bonchev–Trinajstić information content (AvgIpc) is 2.56. The van der Waals surface area contributed by atoms with Gasteiger partial charge in [-0.25, -0.2) is 8.42 Å². The van der Waals surface area contributed by atoms with Crippen molar-refractivity contribution in [2.75, 3.05) is 40.5 Å². The summed E-state index contributed by atoms with van der Waals surface area (Å²) in [6, 6.07) is 4.94. The maximum absolute atomic E-state index is 12.9. The molecule has 0 aliphatic rings. The van der Waals surface area contributed by atoms with E-state index in [1.54, 1.807) is 39.2 Å². The third-order valence-electron chi connectivity index (χ3n) is 3.46. The van der Waals surface area contributed by atoms with Crippen LogP contribution in [0.3, 0.4) is 0 Å². The summed E-state index contributed by atoms with van der Waals surface area (Å²) in [6.07, 6.45) is 0.673. The van der Waals surface area contributed by atoms with Gasteiger partial charge in [0.15, 0.2) is 0 Å². The average molecular weight is 358 g/mol. The van der Waals surface area contributed by atoms with E-state index in [1.807, 2.05) is 0 Å². The van der Waals surface area contributed by atoms with Gasteiger partial charge in [-0.1, -0.05) is 13.0 Å². The number of nitrogens with one attached hydrogen (secondary N) is 1. The largest absolute Gasteiger partial charge is 0.495 e. The van der Waals surface area contributed by atoms with Crippen molar-refractivity contribution in [2.45, 2.75) is 25.2 Å². The van der Waals surface area contributed by atoms with Gasteiger partial charge in [-0.15, -0.1) is 0 Å². The molecule has 0 aromatic heterocycles. The van der Waals surface area contributed by atoms with Crippen molar-refractivity contribution in [3.05, 3.63) is 23.8 Å². The van der Waals surface area contributed by atoms with Crippen LogP contribution in [0.1, 0.15) is 18.9 Å². The van der Waals surface area contributed by atoms with E-state index in [4.69, 9.17) is 9.47 Å². The van der Waals surface area contributed by atoms with E-state index in [-0.39, 0.29) is 29.6 Å². The van der Waals surface area contributed by atoms with Gasteiger partial charge in [0.25, 0.3) is 0 Å². The van der Waals surface area contributed by atoms with Gasteiger partial charge in [0.2, 0.25) is 15.9 Å². The van der Waals surface area contributed by atoms with Crippen LogP contribution in [0.5, 0.6) is 5.75 Å². The predicted molar refractivity (Wildman–Crippen MR) is 91.7 cm³/mol. The minimum atomic E-state index is -3.82. The highest BCUT2D eigenvalue weighted by Crippen LogP contribution is 2.27. The maximum atomic E-state index is 12.9. The Kier molecular flexibility index (Phi) is 8.17. The summed E-state index contributed by atoms with van der Waals surface area (Å²) < 4.78 is 36.9. The van der Waals surface area contributed by atoms with Gasteiger partial charge in [0.05, 0.1) is 13.7 Å². The zero-order valence-electron chi connectivity index (χ0n) is 14.7. The van der Waals surface area contributed by atoms with Gasteiger partial charge in [-0.2, -0.15) is 4.31 Å². The van der Waals surface area contributed by atoms with E-state index in [2.05, 4.69) is 5.32 Å². The molecular weight excluding hydrogens is 332 g/mol. The molecule has 24 heavy (non-hydrogen) atoms. The summed E-state index contributed by atoms with van der Waals surface area (Å²) in [5, 5.41) is 2.69. The van der Waals surface area contributed by atoms with Crippen molar-refractivity contribution >= 4 is 15.9 Å². The van der Waals surface area contributed by atoms with Crippen molar-refractivity contribution in [1.82, 2.24) is 9.62 Å². The number of methoxy groups -OCH3 is 2. The van der Waals surface area contributed by atoms with Crippen LogP contribution in [-0.2, 0) is 19.6 Å². The number of carbonyl (C=O) groups is 1. The number of carbonyl (C=O) groups excluding carboxylic acids is 1. The third kappa shape index (κ3) is 5.47. The van der Waals surface area contributed by atoms with E-state index in [0.29, 0.717) is 19.6 Å². The number of likely N-dealkylation sites (N-methyl/N-ethyl adjacent to an activating group) is 1. The molecule has 8 heteroatoms. The lowest BCUT2D eigenvalue weighted by atomic mass is 10.2. The quantitative estimate of drug-likeness (QED) is 0.635. The van der Waals surface area contributed by atoms with Crippen LogP contribution < -0.4 is 10.1 Å². The van der Waals surface area contributed by atoms with Gasteiger partial charge >= 0.3 is 0 Å². The zero-order chi connectivity index (χ0) is 18.2. The molecule has 0 bridgehead atoms. The summed E-state index contributed by atoms with van der Waals surface area (Å²) in [5.41, 5.74) is 0.800. The number of hydrogen-bond acceptors (Lipinski definition) is 5. The number of amides is 1. The number of aryl methyl sites for hydroxylation is 1. The highest BCUT2D eigenvalue weighted by atomic mass is 32.2. The van der Waals surface area contributed by atoms with Crippen LogP contribution in [0.15, 0.2) is 23.1 Å². The number of hydrogen-bond donors (Lipinski definition) is 1. The minimum Gasteiger partial charge on any atom is -0.495 e. The van der Waals surface area contributed by atoms with Gasteiger partial charge < -0.3 is 14.8 Å². The van der Waals surface area contributed by atoms with Crippen LogP contribution in [0.2, 0.25) is 0 Å². The Labute approximate surface area is 144 Å². The van der Waals surface area contributed by atoms with E-state index >= 15 is 0 Å². The number of sulfonamides is 1. The molecule has 0 saturated heterocycles. The van der Waals surface area contributed by atoms with Gasteiger partial charge in [0.1, 0.15) is 10.6 Å². The number of benzene rings is 1. The van der Waals surface area contributed by atoms with Crippen LogP contribution in [0.25, 0.3) is 0 Å². The molecule has 0 spiro atoms. The summed E-state index contributed by atoms with van der Waals surface area (Å²) in [5.74, 6) is -0.0808. The molecule has 0 heterocycles. The SMILES string of the molecule is CCN(CC(=O)NCCCOC)S(=O)(=O)c1cc(C)ccc1OC. The van der Waals surface area contributed by atoms with Crippen molar-refractivity contribution in [2.24, 2.45) is 0 Å². The molecule has 1 N–H and O–H groups in total. The molecule has 0 unspecified atom stereocenters. The fourth-order valence-corrected chi connectivity index (χ4v) is 3.80. The van der Waals surface area contributed by atoms with E-state index in [0.717, 1.165) is 9.87 Å². The van der Waals surface area contributed by atoms with Crippen LogP contribution in [0, 0.1) is 6.92 Å². The Morgan fingerprint density at radius 2 is 2.00 bits per heavy atom. The summed E-state index contributed by atoms with van der Waals surface area (Å²) in [7, 11) is -0.819. The van der Waals surface area contributed by atoms with Crippen molar-refractivity contribution in [3.8, 4) is 5.75 Å². The van der Waals surface area contributed by atoms with Gasteiger partial charge in [-0.05, 0) is 31.0 Å². The number of rotatable bonds is 10. The first kappa shape index (κ1) is 20.4. The molecule has 0 aliphatic carbocycles. The van der Waals surface area contributed by atoms with E-state index in [9.17, 15) is 13.2 Å². The number of nitrogens with zero attached hydrogens (tertiary/aromatic N) is 1.